The van der Waals surface area contributed by atoms with E-state index in [1.54, 1.807) is 6.20 Å². The number of hydrogen-bond acceptors (Lipinski definition) is 5. The minimum Gasteiger partial charge on any atom is -0.344 e. The van der Waals surface area contributed by atoms with Crippen LogP contribution in [0.1, 0.15) is 24.8 Å². The Hall–Kier alpha value is -0.820. The zero-order valence-electron chi connectivity index (χ0n) is 11.1. The standard InChI is InChI=1S/C13H14ClN3O2S/c1-13(2)18-8-6-20-10(9(8)19-13)7-5-16-12-11(14)15-3-4-17(7)12/h3-5,8-10H,6H2,1-2H3/t8-,9-,10+/m1/s1. The van der Waals surface area contributed by atoms with Gasteiger partial charge in [0.1, 0.15) is 6.10 Å². The molecule has 0 amide bonds. The van der Waals surface area contributed by atoms with Crippen LogP contribution in [0.15, 0.2) is 18.6 Å². The lowest BCUT2D eigenvalue weighted by Gasteiger charge is -2.21. The average Bonchev–Trinajstić information content (AvgIpc) is 3.01. The van der Waals surface area contributed by atoms with Gasteiger partial charge in [0.15, 0.2) is 16.6 Å². The molecule has 0 bridgehead atoms. The highest BCUT2D eigenvalue weighted by molar-refractivity contribution is 7.99. The van der Waals surface area contributed by atoms with Crippen LogP contribution in [-0.4, -0.2) is 38.1 Å². The zero-order chi connectivity index (χ0) is 13.9. The molecule has 2 aromatic heterocycles. The van der Waals surface area contributed by atoms with Crippen molar-refractivity contribution in [3.63, 3.8) is 0 Å². The first-order chi connectivity index (χ1) is 9.55. The van der Waals surface area contributed by atoms with E-state index in [-0.39, 0.29) is 17.5 Å². The minimum absolute atomic E-state index is 0.0573. The van der Waals surface area contributed by atoms with Gasteiger partial charge in [-0.2, -0.15) is 0 Å². The molecule has 0 N–H and O–H groups in total. The van der Waals surface area contributed by atoms with Gasteiger partial charge in [0.2, 0.25) is 0 Å². The van der Waals surface area contributed by atoms with E-state index in [9.17, 15) is 0 Å². The van der Waals surface area contributed by atoms with Gasteiger partial charge in [-0.15, -0.1) is 11.8 Å². The molecule has 4 heterocycles. The fourth-order valence-electron chi connectivity index (χ4n) is 2.91. The van der Waals surface area contributed by atoms with Gasteiger partial charge in [-0.3, -0.25) is 4.40 Å². The molecule has 0 unspecified atom stereocenters. The molecule has 106 valence electrons. The number of ether oxygens (including phenoxy) is 2. The van der Waals surface area contributed by atoms with Crippen molar-refractivity contribution in [2.75, 3.05) is 5.75 Å². The molecule has 7 heteroatoms. The average molecular weight is 312 g/mol. The third kappa shape index (κ3) is 1.86. The predicted molar refractivity (Wildman–Crippen MR) is 77.0 cm³/mol. The van der Waals surface area contributed by atoms with E-state index in [2.05, 4.69) is 9.97 Å². The molecule has 0 aliphatic carbocycles. The molecular formula is C13H14ClN3O2S. The molecule has 2 aliphatic heterocycles. The smallest absolute Gasteiger partial charge is 0.175 e. The van der Waals surface area contributed by atoms with E-state index in [0.717, 1.165) is 11.4 Å². The summed E-state index contributed by atoms with van der Waals surface area (Å²) in [6.45, 7) is 3.92. The van der Waals surface area contributed by atoms with Crippen LogP contribution >= 0.6 is 23.4 Å². The lowest BCUT2D eigenvalue weighted by Crippen LogP contribution is -2.24. The van der Waals surface area contributed by atoms with Crippen LogP contribution in [0, 0.1) is 0 Å². The number of rotatable bonds is 1. The highest BCUT2D eigenvalue weighted by Gasteiger charge is 2.50. The summed E-state index contributed by atoms with van der Waals surface area (Å²) in [6.07, 6.45) is 5.63. The van der Waals surface area contributed by atoms with E-state index in [1.807, 2.05) is 42.4 Å². The van der Waals surface area contributed by atoms with E-state index in [1.165, 1.54) is 0 Å². The second kappa shape index (κ2) is 4.34. The topological polar surface area (TPSA) is 48.7 Å². The van der Waals surface area contributed by atoms with E-state index in [0.29, 0.717) is 10.8 Å². The summed E-state index contributed by atoms with van der Waals surface area (Å²) in [5, 5.41) is 0.623. The van der Waals surface area contributed by atoms with Crippen LogP contribution in [0.4, 0.5) is 0 Å². The second-order valence-electron chi connectivity index (χ2n) is 5.49. The predicted octanol–water partition coefficient (Wildman–Crippen LogP) is 2.69. The van der Waals surface area contributed by atoms with Crippen molar-refractivity contribution in [3.8, 4) is 0 Å². The fraction of sp³-hybridized carbons (Fsp3) is 0.538. The van der Waals surface area contributed by atoms with Crippen molar-refractivity contribution in [1.82, 2.24) is 14.4 Å². The third-order valence-electron chi connectivity index (χ3n) is 3.67. The lowest BCUT2D eigenvalue weighted by atomic mass is 10.1. The second-order valence-corrected chi connectivity index (χ2v) is 7.02. The van der Waals surface area contributed by atoms with Gasteiger partial charge in [0.05, 0.1) is 23.2 Å². The normalized spacial score (nSPS) is 31.9. The van der Waals surface area contributed by atoms with E-state index >= 15 is 0 Å². The Bertz CT molecular complexity index is 675. The molecule has 3 atom stereocenters. The SMILES string of the molecule is CC1(C)O[C@@H]2[C@@H](CS[C@H]2c2cnc3c(Cl)nccn23)O1. The number of imidazole rings is 1. The van der Waals surface area contributed by atoms with Crippen molar-refractivity contribution in [1.29, 1.82) is 0 Å². The van der Waals surface area contributed by atoms with Gasteiger partial charge in [0.25, 0.3) is 0 Å². The Morgan fingerprint density at radius 2 is 2.25 bits per heavy atom. The first-order valence-electron chi connectivity index (χ1n) is 6.50. The third-order valence-corrected chi connectivity index (χ3v) is 5.32. The summed E-state index contributed by atoms with van der Waals surface area (Å²) in [4.78, 5) is 8.43. The van der Waals surface area contributed by atoms with Crippen molar-refractivity contribution >= 4 is 29.0 Å². The Kier molecular flexibility index (Phi) is 2.79. The Morgan fingerprint density at radius 1 is 1.40 bits per heavy atom. The molecule has 2 fully saturated rings. The summed E-state index contributed by atoms with van der Waals surface area (Å²) >= 11 is 7.92. The van der Waals surface area contributed by atoms with Crippen molar-refractivity contribution in [3.05, 3.63) is 29.4 Å². The molecule has 2 aromatic rings. The number of halogens is 1. The Labute approximate surface area is 125 Å². The first-order valence-corrected chi connectivity index (χ1v) is 7.92. The fourth-order valence-corrected chi connectivity index (χ4v) is 4.53. The quantitative estimate of drug-likeness (QED) is 0.810. The van der Waals surface area contributed by atoms with Gasteiger partial charge in [-0.25, -0.2) is 9.97 Å². The van der Waals surface area contributed by atoms with E-state index in [4.69, 9.17) is 21.1 Å². The van der Waals surface area contributed by atoms with Crippen LogP contribution in [0.3, 0.4) is 0 Å². The van der Waals surface area contributed by atoms with Gasteiger partial charge in [-0.05, 0) is 13.8 Å². The maximum Gasteiger partial charge on any atom is 0.175 e. The molecular weight excluding hydrogens is 298 g/mol. The highest BCUT2D eigenvalue weighted by Crippen LogP contribution is 2.49. The molecule has 0 radical (unpaired) electrons. The summed E-state index contributed by atoms with van der Waals surface area (Å²) in [7, 11) is 0. The highest BCUT2D eigenvalue weighted by atomic mass is 35.5. The number of hydrogen-bond donors (Lipinski definition) is 0. The summed E-state index contributed by atoms with van der Waals surface area (Å²) in [6, 6.07) is 0. The summed E-state index contributed by atoms with van der Waals surface area (Å²) in [5.74, 6) is 0.430. The Balaban J connectivity index is 1.75. The molecule has 5 nitrogen and oxygen atoms in total. The maximum absolute atomic E-state index is 6.08. The van der Waals surface area contributed by atoms with Gasteiger partial charge in [0, 0.05) is 18.1 Å². The summed E-state index contributed by atoms with van der Waals surface area (Å²) < 4.78 is 14.0. The molecule has 2 saturated heterocycles. The summed E-state index contributed by atoms with van der Waals surface area (Å²) in [5.41, 5.74) is 1.77. The van der Waals surface area contributed by atoms with Gasteiger partial charge < -0.3 is 9.47 Å². The zero-order valence-corrected chi connectivity index (χ0v) is 12.7. The molecule has 0 aromatic carbocycles. The molecule has 0 saturated carbocycles. The lowest BCUT2D eigenvalue weighted by molar-refractivity contribution is -0.145. The van der Waals surface area contributed by atoms with Crippen molar-refractivity contribution < 1.29 is 9.47 Å². The van der Waals surface area contributed by atoms with Gasteiger partial charge >= 0.3 is 0 Å². The molecule has 0 spiro atoms. The van der Waals surface area contributed by atoms with Crippen LogP contribution < -0.4 is 0 Å². The molecule has 20 heavy (non-hydrogen) atoms. The van der Waals surface area contributed by atoms with Gasteiger partial charge in [-0.1, -0.05) is 11.6 Å². The van der Waals surface area contributed by atoms with E-state index < -0.39 is 5.79 Å². The number of aromatic nitrogens is 3. The first kappa shape index (κ1) is 12.9. The van der Waals surface area contributed by atoms with Crippen LogP contribution in [0.25, 0.3) is 5.65 Å². The maximum atomic E-state index is 6.08. The van der Waals surface area contributed by atoms with Crippen LogP contribution in [0.2, 0.25) is 5.15 Å². The largest absolute Gasteiger partial charge is 0.344 e. The monoisotopic (exact) mass is 311 g/mol. The van der Waals surface area contributed by atoms with Crippen molar-refractivity contribution in [2.24, 2.45) is 0 Å². The number of nitrogens with zero attached hydrogens (tertiary/aromatic N) is 3. The minimum atomic E-state index is -0.506. The van der Waals surface area contributed by atoms with Crippen LogP contribution in [0.5, 0.6) is 0 Å². The van der Waals surface area contributed by atoms with Crippen molar-refractivity contribution in [2.45, 2.75) is 37.1 Å². The number of thioether (sulfide) groups is 1. The molecule has 2 aliphatic rings. The van der Waals surface area contributed by atoms with Crippen LogP contribution in [-0.2, 0) is 9.47 Å². The number of fused-ring (bicyclic) bond motifs is 2. The Morgan fingerprint density at radius 3 is 3.10 bits per heavy atom. The molecule has 4 rings (SSSR count).